The second-order valence-electron chi connectivity index (χ2n) is 12.0. The lowest BCUT2D eigenvalue weighted by Crippen LogP contribution is -2.63. The Morgan fingerprint density at radius 2 is 1.73 bits per heavy atom. The van der Waals surface area contributed by atoms with Crippen molar-refractivity contribution in [1.82, 2.24) is 0 Å². The van der Waals surface area contributed by atoms with Gasteiger partial charge in [-0.25, -0.2) is 4.79 Å². The van der Waals surface area contributed by atoms with Gasteiger partial charge in [-0.2, -0.15) is 0 Å². The molecule has 0 aromatic rings. The van der Waals surface area contributed by atoms with E-state index in [1.807, 2.05) is 20.8 Å². The monoisotopic (exact) mass is 464 g/mol. The molecule has 7 aliphatic rings. The molecule has 4 aliphatic carbocycles. The second-order valence-corrected chi connectivity index (χ2v) is 12.0. The average Bonchev–Trinajstić information content (AvgIpc) is 3.32. The molecule has 0 aromatic carbocycles. The summed E-state index contributed by atoms with van der Waals surface area (Å²) >= 11 is 0. The Hall–Kier alpha value is -1.71. The second kappa shape index (κ2) is 6.92. The number of hydrogen-bond donors (Lipinski definition) is 0. The maximum Gasteiger partial charge on any atom is 0.350 e. The van der Waals surface area contributed by atoms with E-state index in [4.69, 9.17) is 28.4 Å². The Balaban J connectivity index is 1.18. The minimum Gasteiger partial charge on any atom is -0.465 e. The molecule has 182 valence electrons. The van der Waals surface area contributed by atoms with Gasteiger partial charge in [-0.3, -0.25) is 9.59 Å². The molecule has 3 aliphatic heterocycles. The topological polar surface area (TPSA) is 107 Å². The van der Waals surface area contributed by atoms with Gasteiger partial charge in [-0.05, 0) is 58.8 Å². The highest BCUT2D eigenvalue weighted by molar-refractivity contribution is 5.81. The third kappa shape index (κ3) is 3.18. The minimum absolute atomic E-state index is 0.0310. The Bertz CT molecular complexity index is 875. The zero-order chi connectivity index (χ0) is 23.3. The summed E-state index contributed by atoms with van der Waals surface area (Å²) in [5, 5.41) is 0. The standard InChI is InChI=1S/C24H32O9/c1-11(25)29-17-15-16(30-19(17)26)18-20(31-15)33-24(32-18)13-5-12-6-14(24)9-23(7-12,8-13)10-28-21(27)22(2,3)4/h12-18,20H,5-10H2,1-4H3. The molecule has 4 saturated carbocycles. The summed E-state index contributed by atoms with van der Waals surface area (Å²) in [4.78, 5) is 36.0. The van der Waals surface area contributed by atoms with E-state index >= 15 is 0 Å². The summed E-state index contributed by atoms with van der Waals surface area (Å²) in [6, 6.07) is 0. The van der Waals surface area contributed by atoms with E-state index in [2.05, 4.69) is 0 Å². The number of fused-ring (bicyclic) bond motifs is 3. The number of esters is 3. The van der Waals surface area contributed by atoms with Crippen LogP contribution in [0.25, 0.3) is 0 Å². The maximum atomic E-state index is 12.4. The molecule has 7 atom stereocenters. The molecule has 7 rings (SSSR count). The van der Waals surface area contributed by atoms with Crippen LogP contribution in [0.3, 0.4) is 0 Å². The first-order valence-electron chi connectivity index (χ1n) is 12.1. The zero-order valence-corrected chi connectivity index (χ0v) is 19.5. The van der Waals surface area contributed by atoms with Crippen LogP contribution in [-0.4, -0.2) is 61.0 Å². The summed E-state index contributed by atoms with van der Waals surface area (Å²) in [6.07, 6.45) is 1.21. The lowest BCUT2D eigenvalue weighted by molar-refractivity contribution is -0.337. The van der Waals surface area contributed by atoms with Crippen LogP contribution in [0.1, 0.15) is 59.8 Å². The van der Waals surface area contributed by atoms with Crippen molar-refractivity contribution < 1.29 is 42.8 Å². The van der Waals surface area contributed by atoms with E-state index in [1.54, 1.807) is 0 Å². The van der Waals surface area contributed by atoms with Crippen LogP contribution in [0, 0.1) is 28.6 Å². The van der Waals surface area contributed by atoms with Gasteiger partial charge in [0.05, 0.1) is 12.0 Å². The van der Waals surface area contributed by atoms with Crippen LogP contribution in [0.5, 0.6) is 0 Å². The molecule has 3 saturated heterocycles. The van der Waals surface area contributed by atoms with Crippen LogP contribution < -0.4 is 0 Å². The Kier molecular flexibility index (Phi) is 4.57. The van der Waals surface area contributed by atoms with Crippen molar-refractivity contribution in [3.8, 4) is 0 Å². The molecule has 0 N–H and O–H groups in total. The third-order valence-electron chi connectivity index (χ3n) is 8.48. The number of carbonyl (C=O) groups excluding carboxylic acids is 3. The number of ether oxygens (including phenoxy) is 6. The van der Waals surface area contributed by atoms with E-state index < -0.39 is 53.8 Å². The van der Waals surface area contributed by atoms with Crippen LogP contribution in [0.2, 0.25) is 0 Å². The fourth-order valence-electron chi connectivity index (χ4n) is 7.38. The molecule has 33 heavy (non-hydrogen) atoms. The number of hydrogen-bond acceptors (Lipinski definition) is 9. The van der Waals surface area contributed by atoms with Gasteiger partial charge in [0.1, 0.15) is 6.10 Å². The average molecular weight is 465 g/mol. The molecule has 7 unspecified atom stereocenters. The summed E-state index contributed by atoms with van der Waals surface area (Å²) in [7, 11) is 0. The molecule has 0 amide bonds. The van der Waals surface area contributed by atoms with E-state index in [9.17, 15) is 14.4 Å². The van der Waals surface area contributed by atoms with Crippen molar-refractivity contribution in [3.63, 3.8) is 0 Å². The minimum atomic E-state index is -1.08. The molecule has 7 fully saturated rings. The summed E-state index contributed by atoms with van der Waals surface area (Å²) in [5.74, 6) is -1.18. The molecular formula is C24H32O9. The molecular weight excluding hydrogens is 432 g/mol. The van der Waals surface area contributed by atoms with Crippen LogP contribution in [-0.2, 0) is 42.8 Å². The fourth-order valence-corrected chi connectivity index (χ4v) is 7.38. The zero-order valence-electron chi connectivity index (χ0n) is 19.5. The largest absolute Gasteiger partial charge is 0.465 e. The first kappa shape index (κ1) is 21.8. The fraction of sp³-hybridized carbons (Fsp3) is 0.875. The van der Waals surface area contributed by atoms with E-state index in [0.717, 1.165) is 32.1 Å². The van der Waals surface area contributed by atoms with Crippen molar-refractivity contribution in [3.05, 3.63) is 0 Å². The maximum absolute atomic E-state index is 12.4. The Morgan fingerprint density at radius 3 is 2.36 bits per heavy atom. The molecule has 0 aromatic heterocycles. The smallest absolute Gasteiger partial charge is 0.350 e. The van der Waals surface area contributed by atoms with Gasteiger partial charge >= 0.3 is 17.9 Å². The number of carbonyl (C=O) groups is 3. The first-order valence-corrected chi connectivity index (χ1v) is 12.1. The van der Waals surface area contributed by atoms with Crippen LogP contribution in [0.15, 0.2) is 0 Å². The lowest BCUT2D eigenvalue weighted by atomic mass is 9.47. The molecule has 9 heteroatoms. The van der Waals surface area contributed by atoms with Crippen molar-refractivity contribution in [2.75, 3.05) is 6.61 Å². The van der Waals surface area contributed by atoms with Gasteiger partial charge < -0.3 is 28.4 Å². The quantitative estimate of drug-likeness (QED) is 0.458. The lowest BCUT2D eigenvalue weighted by Gasteiger charge is -2.62. The summed E-state index contributed by atoms with van der Waals surface area (Å²) < 4.78 is 35.6. The van der Waals surface area contributed by atoms with Crippen molar-refractivity contribution in [1.29, 1.82) is 0 Å². The summed E-state index contributed by atoms with van der Waals surface area (Å²) in [6.45, 7) is 7.31. The van der Waals surface area contributed by atoms with Crippen LogP contribution in [0.4, 0.5) is 0 Å². The van der Waals surface area contributed by atoms with E-state index in [1.165, 1.54) is 6.92 Å². The third-order valence-corrected chi connectivity index (χ3v) is 8.48. The summed E-state index contributed by atoms with van der Waals surface area (Å²) in [5.41, 5.74) is -0.550. The van der Waals surface area contributed by atoms with Gasteiger partial charge in [0.2, 0.25) is 6.10 Å². The predicted molar refractivity (Wildman–Crippen MR) is 109 cm³/mol. The highest BCUT2D eigenvalue weighted by atomic mass is 16.9. The van der Waals surface area contributed by atoms with E-state index in [-0.39, 0.29) is 23.2 Å². The van der Waals surface area contributed by atoms with Gasteiger partial charge in [0.25, 0.3) is 0 Å². The SMILES string of the molecule is CC(=O)OC1C(=O)OC2C3OC4(OC3OC12)C1CC2CC4CC(COC(=O)C(C)(C)C)(C2)C1. The van der Waals surface area contributed by atoms with Crippen molar-refractivity contribution in [2.24, 2.45) is 28.6 Å². The first-order chi connectivity index (χ1) is 15.5. The van der Waals surface area contributed by atoms with Gasteiger partial charge in [-0.1, -0.05) is 0 Å². The van der Waals surface area contributed by atoms with Gasteiger partial charge in [0.15, 0.2) is 24.3 Å². The number of rotatable bonds is 3. The molecule has 3 heterocycles. The predicted octanol–water partition coefficient (Wildman–Crippen LogP) is 2.10. The van der Waals surface area contributed by atoms with Crippen LogP contribution >= 0.6 is 0 Å². The highest BCUT2D eigenvalue weighted by Gasteiger charge is 2.72. The van der Waals surface area contributed by atoms with Crippen molar-refractivity contribution >= 4 is 17.9 Å². The van der Waals surface area contributed by atoms with Gasteiger partial charge in [0, 0.05) is 24.2 Å². The molecule has 9 nitrogen and oxygen atoms in total. The van der Waals surface area contributed by atoms with Gasteiger partial charge in [-0.15, -0.1) is 0 Å². The Labute approximate surface area is 192 Å². The molecule has 0 radical (unpaired) electrons. The normalized spacial score (nSPS) is 49.2. The molecule has 4 bridgehead atoms. The molecule has 1 spiro atoms. The highest BCUT2D eigenvalue weighted by Crippen LogP contribution is 2.67. The Morgan fingerprint density at radius 1 is 1.03 bits per heavy atom. The van der Waals surface area contributed by atoms with E-state index in [0.29, 0.717) is 12.5 Å². The van der Waals surface area contributed by atoms with Crippen molar-refractivity contribution in [2.45, 2.75) is 96.3 Å².